The monoisotopic (exact) mass is 427 g/mol. The van der Waals surface area contributed by atoms with E-state index in [0.29, 0.717) is 16.7 Å². The first-order valence-electron chi connectivity index (χ1n) is 8.44. The molecule has 0 bridgehead atoms. The summed E-state index contributed by atoms with van der Waals surface area (Å²) < 4.78 is 42.6. The van der Waals surface area contributed by atoms with E-state index in [1.54, 1.807) is 30.3 Å². The minimum Gasteiger partial charge on any atom is -0.431 e. The van der Waals surface area contributed by atoms with Gasteiger partial charge in [0.1, 0.15) is 11.6 Å². The zero-order valence-electron chi connectivity index (χ0n) is 14.8. The number of benzene rings is 3. The lowest BCUT2D eigenvalue weighted by molar-refractivity contribution is 0.603. The summed E-state index contributed by atoms with van der Waals surface area (Å²) in [4.78, 5) is 8.72. The molecule has 0 aliphatic rings. The summed E-state index contributed by atoms with van der Waals surface area (Å²) in [5.41, 5.74) is 1.54. The van der Waals surface area contributed by atoms with Crippen molar-refractivity contribution in [1.29, 1.82) is 0 Å². The molecule has 4 rings (SSSR count). The van der Waals surface area contributed by atoms with Gasteiger partial charge in [-0.15, -0.1) is 0 Å². The number of nitrogens with zero attached hydrogens (tertiary/aromatic N) is 3. The van der Waals surface area contributed by atoms with Crippen LogP contribution >= 0.6 is 11.6 Å². The fourth-order valence-corrected chi connectivity index (χ4v) is 3.84. The highest BCUT2D eigenvalue weighted by molar-refractivity contribution is 7.94. The van der Waals surface area contributed by atoms with Crippen LogP contribution in [0.5, 0.6) is 0 Å². The van der Waals surface area contributed by atoms with Crippen LogP contribution in [0, 0.1) is 5.82 Å². The Labute approximate surface area is 171 Å². The van der Waals surface area contributed by atoms with Crippen molar-refractivity contribution in [2.45, 2.75) is 4.90 Å². The maximum Gasteiger partial charge on any atom is 0.202 e. The second kappa shape index (κ2) is 7.65. The van der Waals surface area contributed by atoms with E-state index in [9.17, 15) is 12.8 Å². The molecule has 29 heavy (non-hydrogen) atoms. The molecule has 0 spiro atoms. The van der Waals surface area contributed by atoms with Gasteiger partial charge in [-0.25, -0.2) is 17.8 Å². The zero-order chi connectivity index (χ0) is 20.4. The molecule has 0 amide bonds. The minimum absolute atomic E-state index is 0.0623. The van der Waals surface area contributed by atoms with E-state index >= 15 is 0 Å². The van der Waals surface area contributed by atoms with Gasteiger partial charge < -0.3 is 15.0 Å². The van der Waals surface area contributed by atoms with Crippen LogP contribution in [0.1, 0.15) is 0 Å². The third-order valence-corrected chi connectivity index (χ3v) is 5.46. The number of nitrogens with one attached hydrogen (secondary N) is 1. The summed E-state index contributed by atoms with van der Waals surface area (Å²) in [7, 11) is -4.09. The Kier molecular flexibility index (Phi) is 5.04. The van der Waals surface area contributed by atoms with Gasteiger partial charge in [-0.3, -0.25) is 0 Å². The van der Waals surface area contributed by atoms with E-state index in [1.807, 2.05) is 0 Å². The maximum absolute atomic E-state index is 13.2. The zero-order valence-corrected chi connectivity index (χ0v) is 16.3. The number of para-hydroxylation sites is 2. The number of hydrogen-bond donors (Lipinski definition) is 1. The smallest absolute Gasteiger partial charge is 0.202 e. The highest BCUT2D eigenvalue weighted by Gasteiger charge is 2.13. The van der Waals surface area contributed by atoms with Crippen LogP contribution in [0.4, 0.5) is 21.7 Å². The molecule has 1 heterocycles. The van der Waals surface area contributed by atoms with Gasteiger partial charge in [0, 0.05) is 10.7 Å². The molecule has 9 heteroatoms. The summed E-state index contributed by atoms with van der Waals surface area (Å²) in [6.07, 6.45) is 0. The van der Waals surface area contributed by atoms with Gasteiger partial charge in [0.2, 0.25) is 10.0 Å². The molecule has 3 aromatic carbocycles. The second-order valence-electron chi connectivity index (χ2n) is 6.04. The molecular formula is C20H13ClFN4O2S-. The average molecular weight is 428 g/mol. The minimum atomic E-state index is -4.09. The van der Waals surface area contributed by atoms with Crippen molar-refractivity contribution in [3.8, 4) is 0 Å². The van der Waals surface area contributed by atoms with Crippen molar-refractivity contribution >= 4 is 50.0 Å². The topological polar surface area (TPSA) is 86.1 Å². The number of fused-ring (bicyclic) bond motifs is 1. The number of sulfonamides is 1. The maximum atomic E-state index is 13.2. The fraction of sp³-hybridized carbons (Fsp3) is 0. The number of hydrogen-bond acceptors (Lipinski definition) is 5. The van der Waals surface area contributed by atoms with Gasteiger partial charge in [0.25, 0.3) is 0 Å². The molecule has 0 atom stereocenters. The first-order chi connectivity index (χ1) is 13.9. The van der Waals surface area contributed by atoms with Gasteiger partial charge in [-0.05, 0) is 59.9 Å². The molecule has 4 aromatic rings. The second-order valence-corrected chi connectivity index (χ2v) is 8.08. The van der Waals surface area contributed by atoms with Crippen LogP contribution in [-0.2, 0) is 10.0 Å². The normalized spacial score (nSPS) is 11.4. The number of aromatic nitrogens is 2. The molecular weight excluding hydrogens is 415 g/mol. The summed E-state index contributed by atoms with van der Waals surface area (Å²) >= 11 is 5.91. The molecule has 0 aliphatic heterocycles. The molecule has 0 radical (unpaired) electrons. The van der Waals surface area contributed by atoms with E-state index in [0.717, 1.165) is 0 Å². The molecule has 0 saturated heterocycles. The van der Waals surface area contributed by atoms with E-state index < -0.39 is 15.8 Å². The molecule has 0 saturated carbocycles. The predicted molar refractivity (Wildman–Crippen MR) is 111 cm³/mol. The largest absolute Gasteiger partial charge is 0.431 e. The number of anilines is 2. The van der Waals surface area contributed by atoms with Gasteiger partial charge in [-0.1, -0.05) is 35.9 Å². The highest BCUT2D eigenvalue weighted by Crippen LogP contribution is 2.35. The van der Waals surface area contributed by atoms with Crippen LogP contribution in [-0.4, -0.2) is 18.4 Å². The van der Waals surface area contributed by atoms with E-state index in [2.05, 4.69) is 20.0 Å². The van der Waals surface area contributed by atoms with Crippen LogP contribution in [0.3, 0.4) is 0 Å². The van der Waals surface area contributed by atoms with Gasteiger partial charge >= 0.3 is 0 Å². The lowest BCUT2D eigenvalue weighted by atomic mass is 10.3. The first-order valence-corrected chi connectivity index (χ1v) is 10.3. The van der Waals surface area contributed by atoms with Crippen LogP contribution in [0.2, 0.25) is 5.02 Å². The van der Waals surface area contributed by atoms with Crippen molar-refractivity contribution in [2.24, 2.45) is 0 Å². The number of halogens is 2. The van der Waals surface area contributed by atoms with Crippen LogP contribution in [0.25, 0.3) is 15.8 Å². The Hall–Kier alpha value is -3.23. The van der Waals surface area contributed by atoms with Gasteiger partial charge in [-0.2, -0.15) is 0 Å². The Balaban J connectivity index is 1.78. The van der Waals surface area contributed by atoms with Crippen molar-refractivity contribution in [1.82, 2.24) is 9.97 Å². The summed E-state index contributed by atoms with van der Waals surface area (Å²) in [6, 6.07) is 18.3. The van der Waals surface area contributed by atoms with Crippen molar-refractivity contribution in [2.75, 3.05) is 5.32 Å². The van der Waals surface area contributed by atoms with Gasteiger partial charge in [0.15, 0.2) is 0 Å². The van der Waals surface area contributed by atoms with E-state index in [1.165, 1.54) is 42.5 Å². The molecule has 1 N–H and O–H groups in total. The van der Waals surface area contributed by atoms with Crippen LogP contribution < -0.4 is 5.32 Å². The molecule has 146 valence electrons. The fourth-order valence-electron chi connectivity index (χ4n) is 2.60. The summed E-state index contributed by atoms with van der Waals surface area (Å²) in [6.45, 7) is 0. The number of rotatable bonds is 5. The SMILES string of the molecule is O=S(=O)([N-]c1nc2ccccc2nc1Nc1ccc(F)cc1)c1cccc(Cl)c1. The van der Waals surface area contributed by atoms with E-state index in [-0.39, 0.29) is 21.6 Å². The Morgan fingerprint density at radius 1 is 0.897 bits per heavy atom. The standard InChI is InChI=1S/C20H13ClFN4O2S/c21-13-4-3-5-16(12-13)29(27,28)26-20-19(23-15-10-8-14(22)9-11-15)24-17-6-1-2-7-18(17)25-20/h1-12H,(H-,23,24,25,26)/q-1. The Bertz CT molecular complexity index is 1300. The molecule has 6 nitrogen and oxygen atoms in total. The third-order valence-electron chi connectivity index (χ3n) is 3.96. The van der Waals surface area contributed by atoms with Crippen molar-refractivity contribution in [3.63, 3.8) is 0 Å². The lowest BCUT2D eigenvalue weighted by Gasteiger charge is -2.21. The third kappa shape index (κ3) is 4.28. The van der Waals surface area contributed by atoms with E-state index in [4.69, 9.17) is 11.6 Å². The quantitative estimate of drug-likeness (QED) is 0.450. The predicted octanol–water partition coefficient (Wildman–Crippen LogP) is 5.56. The van der Waals surface area contributed by atoms with Crippen molar-refractivity contribution in [3.05, 3.63) is 88.4 Å². The lowest BCUT2D eigenvalue weighted by Crippen LogP contribution is -2.02. The molecule has 1 aromatic heterocycles. The molecule has 0 unspecified atom stereocenters. The van der Waals surface area contributed by atoms with Crippen LogP contribution in [0.15, 0.2) is 77.7 Å². The first kappa shape index (κ1) is 19.1. The molecule has 0 aliphatic carbocycles. The highest BCUT2D eigenvalue weighted by atomic mass is 35.5. The Morgan fingerprint density at radius 3 is 2.28 bits per heavy atom. The van der Waals surface area contributed by atoms with Crippen molar-refractivity contribution < 1.29 is 12.8 Å². The average Bonchev–Trinajstić information content (AvgIpc) is 2.70. The Morgan fingerprint density at radius 2 is 1.59 bits per heavy atom. The summed E-state index contributed by atoms with van der Waals surface area (Å²) in [5, 5.41) is 3.23. The summed E-state index contributed by atoms with van der Waals surface area (Å²) in [5.74, 6) is -0.387. The molecule has 0 fully saturated rings. The van der Waals surface area contributed by atoms with Gasteiger partial charge in [0.05, 0.1) is 10.4 Å².